The van der Waals surface area contributed by atoms with Gasteiger partial charge in [0.1, 0.15) is 5.69 Å². The molecule has 0 bridgehead atoms. The van der Waals surface area contributed by atoms with Gasteiger partial charge in [0, 0.05) is 16.3 Å². The molecule has 0 saturated heterocycles. The molecule has 1 N–H and O–H groups in total. The number of carbonyl (C=O) groups excluding carboxylic acids is 1. The minimum Gasteiger partial charge on any atom is -0.493 e. The number of benzene rings is 2. The van der Waals surface area contributed by atoms with Gasteiger partial charge in [0.25, 0.3) is 0 Å². The summed E-state index contributed by atoms with van der Waals surface area (Å²) in [6.45, 7) is 0. The number of rotatable bonds is 8. The Hall–Kier alpha value is -3.20. The number of carbonyl (C=O) groups is 1. The van der Waals surface area contributed by atoms with Gasteiger partial charge in [-0.2, -0.15) is 0 Å². The number of hydrogen-bond acceptors (Lipinski definition) is 8. The first-order chi connectivity index (χ1) is 14.5. The summed E-state index contributed by atoms with van der Waals surface area (Å²) in [6, 6.07) is 7.22. The monoisotopic (exact) mass is 433 g/mol. The molecule has 0 saturated carbocycles. The van der Waals surface area contributed by atoms with Gasteiger partial charge in [0.15, 0.2) is 23.0 Å². The number of ether oxygens (including phenoxy) is 6. The van der Waals surface area contributed by atoms with Crippen LogP contribution in [-0.4, -0.2) is 53.6 Å². The fraction of sp³-hybridized carbons (Fsp3) is 0.286. The van der Waals surface area contributed by atoms with E-state index in [0.29, 0.717) is 44.9 Å². The van der Waals surface area contributed by atoms with E-state index in [4.69, 9.17) is 28.4 Å². The molecule has 3 rings (SSSR count). The molecule has 2 aromatic carbocycles. The Morgan fingerprint density at radius 2 is 1.33 bits per heavy atom. The van der Waals surface area contributed by atoms with E-state index in [2.05, 4.69) is 4.98 Å². The first-order valence-corrected chi connectivity index (χ1v) is 9.66. The number of methoxy groups -OCH3 is 6. The van der Waals surface area contributed by atoms with Gasteiger partial charge in [-0.3, -0.25) is 0 Å². The lowest BCUT2D eigenvalue weighted by molar-refractivity contribution is 0.0591. The van der Waals surface area contributed by atoms with Gasteiger partial charge in [-0.05, 0) is 18.2 Å². The summed E-state index contributed by atoms with van der Waals surface area (Å²) in [5, 5.41) is 0.784. The van der Waals surface area contributed by atoms with Crippen LogP contribution in [0.2, 0.25) is 0 Å². The molecule has 1 aromatic heterocycles. The molecule has 0 radical (unpaired) electrons. The standard InChI is InChI=1S/C21H23NO7S/c1-24-14-9-12-13(10-15(14)25-2)22-18(21(23)29-6)20(12)30-11-7-16(26-3)19(28-5)17(8-11)27-4/h7-10,22H,1-6H3. The second-order valence-electron chi connectivity index (χ2n) is 6.04. The van der Waals surface area contributed by atoms with Crippen LogP contribution < -0.4 is 23.7 Å². The zero-order chi connectivity index (χ0) is 21.8. The zero-order valence-electron chi connectivity index (χ0n) is 17.6. The van der Waals surface area contributed by atoms with Crippen LogP contribution in [-0.2, 0) is 4.74 Å². The molecule has 0 aliphatic rings. The molecule has 0 aliphatic heterocycles. The second kappa shape index (κ2) is 9.08. The summed E-state index contributed by atoms with van der Waals surface area (Å²) in [6.07, 6.45) is 0. The van der Waals surface area contributed by atoms with Crippen LogP contribution in [0.4, 0.5) is 0 Å². The molecular formula is C21H23NO7S. The first kappa shape index (κ1) is 21.5. The number of aromatic amines is 1. The summed E-state index contributed by atoms with van der Waals surface area (Å²) in [4.78, 5) is 17.0. The van der Waals surface area contributed by atoms with Crippen LogP contribution >= 0.6 is 11.8 Å². The third-order valence-electron chi connectivity index (χ3n) is 4.50. The normalized spacial score (nSPS) is 10.6. The molecule has 0 atom stereocenters. The highest BCUT2D eigenvalue weighted by Crippen LogP contribution is 2.46. The molecule has 0 spiro atoms. The maximum atomic E-state index is 12.5. The van der Waals surface area contributed by atoms with Gasteiger partial charge < -0.3 is 33.4 Å². The second-order valence-corrected chi connectivity index (χ2v) is 7.12. The molecular weight excluding hydrogens is 410 g/mol. The Morgan fingerprint density at radius 3 is 1.83 bits per heavy atom. The van der Waals surface area contributed by atoms with Crippen LogP contribution in [0.15, 0.2) is 34.1 Å². The van der Waals surface area contributed by atoms with E-state index < -0.39 is 5.97 Å². The molecule has 0 fully saturated rings. The smallest absolute Gasteiger partial charge is 0.355 e. The largest absolute Gasteiger partial charge is 0.493 e. The molecule has 0 unspecified atom stereocenters. The topological polar surface area (TPSA) is 88.2 Å². The lowest BCUT2D eigenvalue weighted by Crippen LogP contribution is -2.02. The van der Waals surface area contributed by atoms with Crippen molar-refractivity contribution in [1.29, 1.82) is 0 Å². The van der Waals surface area contributed by atoms with Crippen molar-refractivity contribution in [2.75, 3.05) is 42.7 Å². The number of nitrogens with one attached hydrogen (secondary N) is 1. The molecule has 0 amide bonds. The van der Waals surface area contributed by atoms with Crippen molar-refractivity contribution < 1.29 is 33.2 Å². The molecule has 3 aromatic rings. The first-order valence-electron chi connectivity index (χ1n) is 8.85. The van der Waals surface area contributed by atoms with Gasteiger partial charge >= 0.3 is 5.97 Å². The van der Waals surface area contributed by atoms with Gasteiger partial charge in [-0.25, -0.2) is 4.79 Å². The average Bonchev–Trinajstić information content (AvgIpc) is 3.13. The summed E-state index contributed by atoms with van der Waals surface area (Å²) in [5.74, 6) is 2.12. The Morgan fingerprint density at radius 1 is 0.767 bits per heavy atom. The fourth-order valence-corrected chi connectivity index (χ4v) is 4.16. The highest BCUT2D eigenvalue weighted by Gasteiger charge is 2.23. The zero-order valence-corrected chi connectivity index (χ0v) is 18.4. The van der Waals surface area contributed by atoms with Crippen molar-refractivity contribution in [3.63, 3.8) is 0 Å². The van der Waals surface area contributed by atoms with Crippen molar-refractivity contribution in [2.24, 2.45) is 0 Å². The number of H-pyrrole nitrogens is 1. The highest BCUT2D eigenvalue weighted by molar-refractivity contribution is 7.99. The molecule has 30 heavy (non-hydrogen) atoms. The van der Waals surface area contributed by atoms with E-state index in [9.17, 15) is 4.79 Å². The number of esters is 1. The predicted octanol–water partition coefficient (Wildman–Crippen LogP) is 4.15. The van der Waals surface area contributed by atoms with Crippen LogP contribution in [0.5, 0.6) is 28.7 Å². The van der Waals surface area contributed by atoms with E-state index in [1.807, 2.05) is 18.2 Å². The quantitative estimate of drug-likeness (QED) is 0.530. The maximum absolute atomic E-state index is 12.5. The minimum atomic E-state index is -0.487. The van der Waals surface area contributed by atoms with Crippen molar-refractivity contribution in [2.45, 2.75) is 9.79 Å². The Bertz CT molecular complexity index is 1050. The Labute approximate surface area is 178 Å². The van der Waals surface area contributed by atoms with Crippen LogP contribution in [0, 0.1) is 0 Å². The lowest BCUT2D eigenvalue weighted by atomic mass is 10.2. The lowest BCUT2D eigenvalue weighted by Gasteiger charge is -2.14. The van der Waals surface area contributed by atoms with Crippen LogP contribution in [0.25, 0.3) is 10.9 Å². The third kappa shape index (κ3) is 3.80. The number of hydrogen-bond donors (Lipinski definition) is 1. The summed E-state index contributed by atoms with van der Waals surface area (Å²) < 4.78 is 32.0. The Kier molecular flexibility index (Phi) is 6.51. The van der Waals surface area contributed by atoms with Crippen LogP contribution in [0.1, 0.15) is 10.5 Å². The SMILES string of the molecule is COC(=O)c1[nH]c2cc(OC)c(OC)cc2c1Sc1cc(OC)c(OC)c(OC)c1. The van der Waals surface area contributed by atoms with E-state index in [-0.39, 0.29) is 0 Å². The average molecular weight is 433 g/mol. The van der Waals surface area contributed by atoms with Gasteiger partial charge in [0.2, 0.25) is 5.75 Å². The van der Waals surface area contributed by atoms with Gasteiger partial charge in [0.05, 0.1) is 53.1 Å². The fourth-order valence-electron chi connectivity index (χ4n) is 3.08. The maximum Gasteiger partial charge on any atom is 0.355 e. The minimum absolute atomic E-state index is 0.321. The number of fused-ring (bicyclic) bond motifs is 1. The highest BCUT2D eigenvalue weighted by atomic mass is 32.2. The molecule has 1 heterocycles. The molecule has 9 heteroatoms. The van der Waals surface area contributed by atoms with E-state index in [1.165, 1.54) is 18.9 Å². The van der Waals surface area contributed by atoms with Crippen molar-refractivity contribution in [1.82, 2.24) is 4.98 Å². The van der Waals surface area contributed by atoms with Crippen LogP contribution in [0.3, 0.4) is 0 Å². The van der Waals surface area contributed by atoms with E-state index in [0.717, 1.165) is 10.3 Å². The molecule has 0 aliphatic carbocycles. The summed E-state index contributed by atoms with van der Waals surface area (Å²) in [7, 11) is 9.09. The van der Waals surface area contributed by atoms with E-state index in [1.54, 1.807) is 41.6 Å². The third-order valence-corrected chi connectivity index (χ3v) is 5.60. The van der Waals surface area contributed by atoms with Gasteiger partial charge in [-0.1, -0.05) is 11.8 Å². The summed E-state index contributed by atoms with van der Waals surface area (Å²) in [5.41, 5.74) is 1.03. The van der Waals surface area contributed by atoms with Crippen molar-refractivity contribution in [3.8, 4) is 28.7 Å². The number of aromatic nitrogens is 1. The molecule has 8 nitrogen and oxygen atoms in total. The molecule has 160 valence electrons. The predicted molar refractivity (Wildman–Crippen MR) is 113 cm³/mol. The Balaban J connectivity index is 2.20. The summed E-state index contributed by atoms with van der Waals surface area (Å²) >= 11 is 1.36. The van der Waals surface area contributed by atoms with Gasteiger partial charge in [-0.15, -0.1) is 0 Å². The van der Waals surface area contributed by atoms with Crippen molar-refractivity contribution >= 4 is 28.6 Å². The van der Waals surface area contributed by atoms with E-state index >= 15 is 0 Å². The van der Waals surface area contributed by atoms with Crippen molar-refractivity contribution in [3.05, 3.63) is 30.0 Å².